The SMILES string of the molecule is CNC1CCC(NC(=O)N[C@H]2CCC(C)NC2Oc2ccc(F)cc2C2(C(F)(F)F)CCO2)CC1. The maximum atomic E-state index is 14.0. The maximum absolute atomic E-state index is 14.0. The van der Waals surface area contributed by atoms with Crippen molar-refractivity contribution in [2.75, 3.05) is 13.7 Å². The summed E-state index contributed by atoms with van der Waals surface area (Å²) in [6.45, 7) is 1.86. The van der Waals surface area contributed by atoms with Crippen LogP contribution in [0, 0.1) is 5.82 Å². The Balaban J connectivity index is 1.47. The summed E-state index contributed by atoms with van der Waals surface area (Å²) in [5.41, 5.74) is -2.99. The van der Waals surface area contributed by atoms with Crippen molar-refractivity contribution in [2.24, 2.45) is 0 Å². The first-order valence-electron chi connectivity index (χ1n) is 12.3. The van der Waals surface area contributed by atoms with E-state index < -0.39 is 29.9 Å². The molecule has 0 radical (unpaired) electrons. The van der Waals surface area contributed by atoms with Gasteiger partial charge in [-0.3, -0.25) is 5.32 Å². The van der Waals surface area contributed by atoms with E-state index in [0.29, 0.717) is 12.5 Å². The van der Waals surface area contributed by atoms with Crippen LogP contribution in [-0.4, -0.2) is 56.3 Å². The zero-order valence-electron chi connectivity index (χ0n) is 20.0. The first-order valence-corrected chi connectivity index (χ1v) is 12.3. The Morgan fingerprint density at radius 3 is 2.40 bits per heavy atom. The van der Waals surface area contributed by atoms with Crippen molar-refractivity contribution in [2.45, 2.75) is 94.0 Å². The van der Waals surface area contributed by atoms with Gasteiger partial charge in [0, 0.05) is 30.1 Å². The third-order valence-electron chi connectivity index (χ3n) is 7.40. The predicted molar refractivity (Wildman–Crippen MR) is 122 cm³/mol. The molecule has 0 aromatic heterocycles. The number of benzene rings is 1. The van der Waals surface area contributed by atoms with Gasteiger partial charge in [-0.05, 0) is 70.7 Å². The lowest BCUT2D eigenvalue weighted by Gasteiger charge is -2.44. The standard InChI is InChI=1S/C24H34F4N4O3/c1-14-3-9-19(32-22(33)31-17-7-5-16(29-2)6-8-17)21(30-14)35-20-10-4-15(25)13-18(20)23(11-12-34-23)24(26,27)28/h4,10,13-14,16-17,19,21,29-30H,3,5-9,11-12H2,1-2H3,(H2,31,32,33)/t14?,16?,17?,19-,21?,23?/m0/s1. The molecule has 4 N–H and O–H groups in total. The number of carbonyl (C=O) groups is 1. The lowest BCUT2D eigenvalue weighted by atomic mass is 9.85. The fourth-order valence-corrected chi connectivity index (χ4v) is 5.20. The van der Waals surface area contributed by atoms with Gasteiger partial charge in [0.05, 0.1) is 12.6 Å². The van der Waals surface area contributed by atoms with E-state index in [4.69, 9.17) is 9.47 Å². The smallest absolute Gasteiger partial charge is 0.421 e. The minimum Gasteiger partial charge on any atom is -0.473 e. The first-order chi connectivity index (χ1) is 16.6. The number of amides is 2. The monoisotopic (exact) mass is 502 g/mol. The quantitative estimate of drug-likeness (QED) is 0.446. The molecule has 4 rings (SSSR count). The lowest BCUT2D eigenvalue weighted by molar-refractivity contribution is -0.334. The topological polar surface area (TPSA) is 83.7 Å². The van der Waals surface area contributed by atoms with Crippen molar-refractivity contribution in [3.63, 3.8) is 0 Å². The molecule has 2 saturated heterocycles. The average molecular weight is 503 g/mol. The molecule has 7 nitrogen and oxygen atoms in total. The van der Waals surface area contributed by atoms with E-state index >= 15 is 0 Å². The summed E-state index contributed by atoms with van der Waals surface area (Å²) >= 11 is 0. The van der Waals surface area contributed by atoms with Crippen molar-refractivity contribution in [1.82, 2.24) is 21.3 Å². The second-order valence-electron chi connectivity index (χ2n) is 9.81. The third-order valence-corrected chi connectivity index (χ3v) is 7.40. The lowest BCUT2D eigenvalue weighted by Crippen LogP contribution is -2.61. The molecule has 2 amide bonds. The molecule has 2 aliphatic heterocycles. The number of carbonyl (C=O) groups excluding carboxylic acids is 1. The molecular formula is C24H34F4N4O3. The van der Waals surface area contributed by atoms with Crippen LogP contribution in [-0.2, 0) is 10.3 Å². The molecule has 3 aliphatic rings. The largest absolute Gasteiger partial charge is 0.473 e. The van der Waals surface area contributed by atoms with Crippen LogP contribution in [0.5, 0.6) is 5.75 Å². The number of halogens is 4. The Kier molecular flexibility index (Phi) is 7.77. The summed E-state index contributed by atoms with van der Waals surface area (Å²) in [7, 11) is 1.93. The van der Waals surface area contributed by atoms with E-state index in [-0.39, 0.29) is 42.5 Å². The van der Waals surface area contributed by atoms with Crippen molar-refractivity contribution >= 4 is 6.03 Å². The van der Waals surface area contributed by atoms with Crippen LogP contribution >= 0.6 is 0 Å². The molecule has 196 valence electrons. The van der Waals surface area contributed by atoms with Crippen LogP contribution < -0.4 is 26.0 Å². The number of piperidine rings is 1. The molecule has 3 unspecified atom stereocenters. The van der Waals surface area contributed by atoms with Crippen molar-refractivity contribution < 1.29 is 31.8 Å². The van der Waals surface area contributed by atoms with Crippen LogP contribution in [0.1, 0.15) is 57.4 Å². The van der Waals surface area contributed by atoms with Gasteiger partial charge in [-0.2, -0.15) is 13.2 Å². The molecule has 1 saturated carbocycles. The van der Waals surface area contributed by atoms with Gasteiger partial charge in [-0.25, -0.2) is 9.18 Å². The molecule has 0 bridgehead atoms. The number of alkyl halides is 3. The number of urea groups is 1. The third kappa shape index (κ3) is 5.67. The summed E-state index contributed by atoms with van der Waals surface area (Å²) in [4.78, 5) is 12.7. The minimum atomic E-state index is -4.73. The van der Waals surface area contributed by atoms with E-state index in [0.717, 1.165) is 44.2 Å². The van der Waals surface area contributed by atoms with Crippen LogP contribution in [0.2, 0.25) is 0 Å². The second kappa shape index (κ2) is 10.5. The van der Waals surface area contributed by atoms with Crippen molar-refractivity contribution in [3.05, 3.63) is 29.6 Å². The number of nitrogens with one attached hydrogen (secondary N) is 4. The highest BCUT2D eigenvalue weighted by Crippen LogP contribution is 2.53. The molecule has 0 spiro atoms. The fraction of sp³-hybridized carbons (Fsp3) is 0.708. The second-order valence-corrected chi connectivity index (χ2v) is 9.81. The number of rotatable bonds is 6. The highest BCUT2D eigenvalue weighted by atomic mass is 19.4. The Bertz CT molecular complexity index is 888. The Hall–Kier alpha value is -2.11. The Labute approximate surface area is 202 Å². The molecule has 1 aromatic carbocycles. The van der Waals surface area contributed by atoms with E-state index in [2.05, 4.69) is 21.3 Å². The van der Waals surface area contributed by atoms with Gasteiger partial charge in [0.2, 0.25) is 0 Å². The molecule has 1 aromatic rings. The van der Waals surface area contributed by atoms with Gasteiger partial charge in [-0.1, -0.05) is 0 Å². The molecule has 1 aliphatic carbocycles. The summed E-state index contributed by atoms with van der Waals surface area (Å²) in [6.07, 6.45) is -0.801. The zero-order valence-corrected chi connectivity index (χ0v) is 20.0. The van der Waals surface area contributed by atoms with Gasteiger partial charge in [-0.15, -0.1) is 0 Å². The van der Waals surface area contributed by atoms with Gasteiger partial charge < -0.3 is 25.4 Å². The van der Waals surface area contributed by atoms with E-state index in [9.17, 15) is 22.4 Å². The van der Waals surface area contributed by atoms with Gasteiger partial charge in [0.1, 0.15) is 11.6 Å². The van der Waals surface area contributed by atoms with Crippen LogP contribution in [0.15, 0.2) is 18.2 Å². The van der Waals surface area contributed by atoms with E-state index in [1.165, 1.54) is 6.07 Å². The van der Waals surface area contributed by atoms with Crippen molar-refractivity contribution in [3.8, 4) is 5.75 Å². The van der Waals surface area contributed by atoms with Gasteiger partial charge >= 0.3 is 12.2 Å². The maximum Gasteiger partial charge on any atom is 0.421 e. The Morgan fingerprint density at radius 2 is 1.80 bits per heavy atom. The fourth-order valence-electron chi connectivity index (χ4n) is 5.20. The number of hydrogen-bond acceptors (Lipinski definition) is 5. The number of ether oxygens (including phenoxy) is 2. The molecule has 4 atom stereocenters. The van der Waals surface area contributed by atoms with E-state index in [1.54, 1.807) is 0 Å². The minimum absolute atomic E-state index is 0.0263. The summed E-state index contributed by atoms with van der Waals surface area (Å²) in [5, 5.41) is 12.4. The van der Waals surface area contributed by atoms with Gasteiger partial charge in [0.25, 0.3) is 0 Å². The van der Waals surface area contributed by atoms with Crippen LogP contribution in [0.4, 0.5) is 22.4 Å². The summed E-state index contributed by atoms with van der Waals surface area (Å²) < 4.78 is 66.8. The van der Waals surface area contributed by atoms with E-state index in [1.807, 2.05) is 14.0 Å². The summed E-state index contributed by atoms with van der Waals surface area (Å²) in [6, 6.07) is 2.82. The van der Waals surface area contributed by atoms with Crippen molar-refractivity contribution in [1.29, 1.82) is 0 Å². The predicted octanol–water partition coefficient (Wildman–Crippen LogP) is 3.68. The molecular weight excluding hydrogens is 468 g/mol. The number of hydrogen-bond donors (Lipinski definition) is 4. The Morgan fingerprint density at radius 1 is 1.11 bits per heavy atom. The molecule has 11 heteroatoms. The van der Waals surface area contributed by atoms with Crippen LogP contribution in [0.25, 0.3) is 0 Å². The van der Waals surface area contributed by atoms with Gasteiger partial charge in [0.15, 0.2) is 11.8 Å². The first kappa shape index (κ1) is 26.0. The molecule has 35 heavy (non-hydrogen) atoms. The highest BCUT2D eigenvalue weighted by Gasteiger charge is 2.62. The average Bonchev–Trinajstić information content (AvgIpc) is 2.76. The molecule has 3 fully saturated rings. The molecule has 2 heterocycles. The summed E-state index contributed by atoms with van der Waals surface area (Å²) in [5.74, 6) is -0.925. The highest BCUT2D eigenvalue weighted by molar-refractivity contribution is 5.74. The zero-order chi connectivity index (χ0) is 25.2. The van der Waals surface area contributed by atoms with Crippen LogP contribution in [0.3, 0.4) is 0 Å². The normalized spacial score (nSPS) is 33.5.